The number of halogens is 1. The minimum Gasteiger partial charge on any atom is -0.306 e. The lowest BCUT2D eigenvalue weighted by Gasteiger charge is -2.15. The minimum atomic E-state index is 0.197. The van der Waals surface area contributed by atoms with Crippen LogP contribution in [0.3, 0.4) is 0 Å². The first-order chi connectivity index (χ1) is 8.74. The molecule has 0 aliphatic heterocycles. The number of nitrogens with zero attached hydrogens (tertiary/aromatic N) is 2. The summed E-state index contributed by atoms with van der Waals surface area (Å²) in [5, 5.41) is 7.90. The first-order valence-electron chi connectivity index (χ1n) is 6.25. The van der Waals surface area contributed by atoms with E-state index in [1.54, 1.807) is 11.3 Å². The fourth-order valence-corrected chi connectivity index (χ4v) is 3.02. The summed E-state index contributed by atoms with van der Waals surface area (Å²) in [4.78, 5) is 1.24. The van der Waals surface area contributed by atoms with Crippen molar-refractivity contribution in [2.45, 2.75) is 32.9 Å². The first kappa shape index (κ1) is 13.6. The van der Waals surface area contributed by atoms with Crippen molar-refractivity contribution < 1.29 is 0 Å². The third kappa shape index (κ3) is 3.13. The van der Waals surface area contributed by atoms with Crippen LogP contribution in [0.2, 0.25) is 4.34 Å². The van der Waals surface area contributed by atoms with Crippen molar-refractivity contribution in [2.75, 3.05) is 6.54 Å². The zero-order chi connectivity index (χ0) is 13.0. The SMILES string of the molecule is CCCNC(c1cnn(CC)c1)c1ccc(Cl)s1. The molecule has 2 aromatic heterocycles. The Hall–Kier alpha value is -0.840. The van der Waals surface area contributed by atoms with Crippen molar-refractivity contribution >= 4 is 22.9 Å². The lowest BCUT2D eigenvalue weighted by molar-refractivity contribution is 0.603. The maximum absolute atomic E-state index is 6.03. The number of hydrogen-bond acceptors (Lipinski definition) is 3. The summed E-state index contributed by atoms with van der Waals surface area (Å²) in [6.45, 7) is 6.14. The molecule has 1 atom stereocenters. The highest BCUT2D eigenvalue weighted by atomic mass is 35.5. The second kappa shape index (κ2) is 6.36. The molecule has 0 amide bonds. The second-order valence-electron chi connectivity index (χ2n) is 4.16. The van der Waals surface area contributed by atoms with E-state index in [2.05, 4.69) is 36.5 Å². The maximum Gasteiger partial charge on any atom is 0.0931 e. The highest BCUT2D eigenvalue weighted by Crippen LogP contribution is 2.30. The molecule has 2 aromatic rings. The molecule has 0 radical (unpaired) electrons. The van der Waals surface area contributed by atoms with E-state index in [-0.39, 0.29) is 6.04 Å². The molecule has 18 heavy (non-hydrogen) atoms. The molecule has 1 N–H and O–H groups in total. The Bertz CT molecular complexity index is 492. The molecule has 0 aliphatic carbocycles. The summed E-state index contributed by atoms with van der Waals surface area (Å²) in [5.74, 6) is 0. The molecule has 0 aliphatic rings. The zero-order valence-corrected chi connectivity index (χ0v) is 12.3. The van der Waals surface area contributed by atoms with Crippen molar-refractivity contribution in [1.29, 1.82) is 0 Å². The molecular weight excluding hydrogens is 266 g/mol. The maximum atomic E-state index is 6.03. The van der Waals surface area contributed by atoms with E-state index >= 15 is 0 Å². The van der Waals surface area contributed by atoms with Gasteiger partial charge in [-0.1, -0.05) is 18.5 Å². The number of thiophene rings is 1. The van der Waals surface area contributed by atoms with Crippen molar-refractivity contribution in [3.8, 4) is 0 Å². The van der Waals surface area contributed by atoms with Crippen LogP contribution >= 0.6 is 22.9 Å². The van der Waals surface area contributed by atoms with Crippen molar-refractivity contribution in [3.05, 3.63) is 39.3 Å². The van der Waals surface area contributed by atoms with E-state index < -0.39 is 0 Å². The van der Waals surface area contributed by atoms with Gasteiger partial charge in [0.1, 0.15) is 0 Å². The molecule has 2 heterocycles. The van der Waals surface area contributed by atoms with Gasteiger partial charge in [0.25, 0.3) is 0 Å². The molecule has 5 heteroatoms. The van der Waals surface area contributed by atoms with Crippen molar-refractivity contribution in [2.24, 2.45) is 0 Å². The van der Waals surface area contributed by atoms with Crippen LogP contribution in [0, 0.1) is 0 Å². The molecule has 0 spiro atoms. The number of nitrogens with one attached hydrogen (secondary N) is 1. The van der Waals surface area contributed by atoms with Crippen LogP contribution in [-0.4, -0.2) is 16.3 Å². The van der Waals surface area contributed by atoms with E-state index in [1.165, 1.54) is 10.4 Å². The third-order valence-corrected chi connectivity index (χ3v) is 4.08. The summed E-state index contributed by atoms with van der Waals surface area (Å²) in [7, 11) is 0. The van der Waals surface area contributed by atoms with Gasteiger partial charge in [-0.05, 0) is 32.0 Å². The van der Waals surface area contributed by atoms with Gasteiger partial charge in [0, 0.05) is 23.2 Å². The van der Waals surface area contributed by atoms with Crippen LogP contribution in [0.25, 0.3) is 0 Å². The van der Waals surface area contributed by atoms with Gasteiger partial charge < -0.3 is 5.32 Å². The summed E-state index contributed by atoms with van der Waals surface area (Å²) in [6.07, 6.45) is 5.14. The zero-order valence-electron chi connectivity index (χ0n) is 10.7. The largest absolute Gasteiger partial charge is 0.306 e. The number of aromatic nitrogens is 2. The minimum absolute atomic E-state index is 0.197. The predicted molar refractivity (Wildman–Crippen MR) is 77.4 cm³/mol. The average Bonchev–Trinajstić information content (AvgIpc) is 2.99. The standard InChI is InChI=1S/C13H18ClN3S/c1-3-7-15-13(11-5-6-12(14)18-11)10-8-16-17(4-2)9-10/h5-6,8-9,13,15H,3-4,7H2,1-2H3. The van der Waals surface area contributed by atoms with Crippen molar-refractivity contribution in [3.63, 3.8) is 0 Å². The first-order valence-corrected chi connectivity index (χ1v) is 7.45. The number of aryl methyl sites for hydroxylation is 1. The molecule has 0 bridgehead atoms. The quantitative estimate of drug-likeness (QED) is 0.876. The normalized spacial score (nSPS) is 12.8. The lowest BCUT2D eigenvalue weighted by atomic mass is 10.1. The summed E-state index contributed by atoms with van der Waals surface area (Å²) in [5.41, 5.74) is 1.20. The molecular formula is C13H18ClN3S. The van der Waals surface area contributed by atoms with Gasteiger partial charge in [0.15, 0.2) is 0 Å². The van der Waals surface area contributed by atoms with Gasteiger partial charge in [-0.25, -0.2) is 0 Å². The van der Waals surface area contributed by atoms with Crippen LogP contribution in [0.1, 0.15) is 36.8 Å². The molecule has 3 nitrogen and oxygen atoms in total. The van der Waals surface area contributed by atoms with Crippen molar-refractivity contribution in [1.82, 2.24) is 15.1 Å². The van der Waals surface area contributed by atoms with E-state index in [0.29, 0.717) is 0 Å². The Kier molecular flexibility index (Phi) is 4.80. The molecule has 1 unspecified atom stereocenters. The van der Waals surface area contributed by atoms with Crippen LogP contribution in [0.4, 0.5) is 0 Å². The van der Waals surface area contributed by atoms with Crippen LogP contribution in [0.5, 0.6) is 0 Å². The van der Waals surface area contributed by atoms with Gasteiger partial charge in [-0.3, -0.25) is 4.68 Å². The monoisotopic (exact) mass is 283 g/mol. The smallest absolute Gasteiger partial charge is 0.0931 e. The predicted octanol–water partition coefficient (Wildman–Crippen LogP) is 3.71. The lowest BCUT2D eigenvalue weighted by Crippen LogP contribution is -2.22. The van der Waals surface area contributed by atoms with Crippen LogP contribution < -0.4 is 5.32 Å². The number of hydrogen-bond donors (Lipinski definition) is 1. The molecule has 0 aromatic carbocycles. The third-order valence-electron chi connectivity index (χ3n) is 2.79. The van der Waals surface area contributed by atoms with Gasteiger partial charge in [-0.15, -0.1) is 11.3 Å². The Morgan fingerprint density at radius 3 is 2.83 bits per heavy atom. The highest BCUT2D eigenvalue weighted by molar-refractivity contribution is 7.16. The number of rotatable bonds is 6. The van der Waals surface area contributed by atoms with E-state index in [4.69, 9.17) is 11.6 Å². The topological polar surface area (TPSA) is 29.9 Å². The Balaban J connectivity index is 2.24. The van der Waals surface area contributed by atoms with Gasteiger partial charge in [-0.2, -0.15) is 5.10 Å². The molecule has 2 rings (SSSR count). The molecule has 0 saturated carbocycles. The van der Waals surface area contributed by atoms with E-state index in [9.17, 15) is 0 Å². The van der Waals surface area contributed by atoms with Crippen LogP contribution in [0.15, 0.2) is 24.5 Å². The Morgan fingerprint density at radius 1 is 1.44 bits per heavy atom. The Labute approximate surface area is 117 Å². The Morgan fingerprint density at radius 2 is 2.28 bits per heavy atom. The molecule has 0 fully saturated rings. The van der Waals surface area contributed by atoms with Crippen LogP contribution in [-0.2, 0) is 6.54 Å². The highest BCUT2D eigenvalue weighted by Gasteiger charge is 2.17. The fraction of sp³-hybridized carbons (Fsp3) is 0.462. The van der Waals surface area contributed by atoms with E-state index in [1.807, 2.05) is 16.9 Å². The van der Waals surface area contributed by atoms with Gasteiger partial charge in [0.2, 0.25) is 0 Å². The van der Waals surface area contributed by atoms with Gasteiger partial charge >= 0.3 is 0 Å². The average molecular weight is 284 g/mol. The second-order valence-corrected chi connectivity index (χ2v) is 5.91. The fourth-order valence-electron chi connectivity index (χ4n) is 1.86. The van der Waals surface area contributed by atoms with Gasteiger partial charge in [0.05, 0.1) is 16.6 Å². The summed E-state index contributed by atoms with van der Waals surface area (Å²) >= 11 is 7.65. The summed E-state index contributed by atoms with van der Waals surface area (Å²) < 4.78 is 2.78. The summed E-state index contributed by atoms with van der Waals surface area (Å²) in [6, 6.07) is 4.23. The molecule has 98 valence electrons. The van der Waals surface area contributed by atoms with E-state index in [0.717, 1.165) is 23.8 Å². The molecule has 0 saturated heterocycles.